The summed E-state index contributed by atoms with van der Waals surface area (Å²) in [5, 5.41) is 6.22. The van der Waals surface area contributed by atoms with Gasteiger partial charge in [0.2, 0.25) is 0 Å². The molecule has 0 spiro atoms. The van der Waals surface area contributed by atoms with E-state index in [0.717, 1.165) is 37.4 Å². The summed E-state index contributed by atoms with van der Waals surface area (Å²) in [4.78, 5) is 11.6. The van der Waals surface area contributed by atoms with Gasteiger partial charge in [0, 0.05) is 30.6 Å². The van der Waals surface area contributed by atoms with Gasteiger partial charge in [-0.1, -0.05) is 19.9 Å². The molecule has 5 heteroatoms. The van der Waals surface area contributed by atoms with Crippen LogP contribution in [0.15, 0.2) is 24.3 Å². The quantitative estimate of drug-likeness (QED) is 0.872. The van der Waals surface area contributed by atoms with Crippen LogP contribution in [0.2, 0.25) is 0 Å². The van der Waals surface area contributed by atoms with Crippen LogP contribution in [0.4, 0.5) is 16.2 Å². The first-order valence-corrected chi connectivity index (χ1v) is 7.51. The van der Waals surface area contributed by atoms with Crippen LogP contribution in [0.5, 0.6) is 0 Å². The van der Waals surface area contributed by atoms with E-state index in [0.29, 0.717) is 18.6 Å². The Hall–Kier alpha value is -1.75. The minimum atomic E-state index is -0.410. The molecule has 1 heterocycles. The first-order valence-electron chi connectivity index (χ1n) is 7.51. The summed E-state index contributed by atoms with van der Waals surface area (Å²) in [7, 11) is 0. The van der Waals surface area contributed by atoms with Crippen molar-refractivity contribution in [2.24, 2.45) is 5.92 Å². The molecule has 21 heavy (non-hydrogen) atoms. The minimum absolute atomic E-state index is 0.331. The Morgan fingerprint density at radius 1 is 1.33 bits per heavy atom. The fraction of sp³-hybridized carbons (Fsp3) is 0.562. The number of hydrogen-bond donors (Lipinski definition) is 2. The normalized spacial score (nSPS) is 15.8. The van der Waals surface area contributed by atoms with E-state index < -0.39 is 6.09 Å². The molecule has 1 aromatic carbocycles. The average molecular weight is 292 g/mol. The molecule has 0 radical (unpaired) electrons. The van der Waals surface area contributed by atoms with Crippen LogP contribution in [0.1, 0.15) is 26.7 Å². The SMILES string of the molecule is CC(C)COC(=O)Nc1cccc(NC2CCOCC2)c1. The molecule has 1 saturated heterocycles. The first kappa shape index (κ1) is 15.6. The molecular formula is C16H24N2O3. The highest BCUT2D eigenvalue weighted by atomic mass is 16.5. The Morgan fingerprint density at radius 2 is 2.05 bits per heavy atom. The molecular weight excluding hydrogens is 268 g/mol. The van der Waals surface area contributed by atoms with E-state index in [1.165, 1.54) is 0 Å². The molecule has 0 aromatic heterocycles. The third kappa shape index (κ3) is 5.63. The van der Waals surface area contributed by atoms with Gasteiger partial charge in [0.1, 0.15) is 0 Å². The van der Waals surface area contributed by atoms with Crippen molar-refractivity contribution < 1.29 is 14.3 Å². The predicted molar refractivity (Wildman–Crippen MR) is 83.7 cm³/mol. The summed E-state index contributed by atoms with van der Waals surface area (Å²) < 4.78 is 10.5. The summed E-state index contributed by atoms with van der Waals surface area (Å²) in [5.41, 5.74) is 1.74. The lowest BCUT2D eigenvalue weighted by molar-refractivity contribution is 0.0904. The number of amides is 1. The van der Waals surface area contributed by atoms with Crippen molar-refractivity contribution >= 4 is 17.5 Å². The van der Waals surface area contributed by atoms with Gasteiger partial charge in [0.15, 0.2) is 0 Å². The van der Waals surface area contributed by atoms with E-state index >= 15 is 0 Å². The van der Waals surface area contributed by atoms with E-state index in [1.807, 2.05) is 38.1 Å². The summed E-state index contributed by atoms with van der Waals surface area (Å²) in [6, 6.07) is 8.12. The third-order valence-electron chi connectivity index (χ3n) is 3.25. The number of anilines is 2. The Bertz CT molecular complexity index is 457. The fourth-order valence-electron chi connectivity index (χ4n) is 2.16. The Morgan fingerprint density at radius 3 is 2.76 bits per heavy atom. The number of nitrogens with one attached hydrogen (secondary N) is 2. The Kier molecular flexibility index (Phi) is 5.87. The maximum absolute atomic E-state index is 11.6. The number of benzene rings is 1. The standard InChI is InChI=1S/C16H24N2O3/c1-12(2)11-21-16(19)18-15-5-3-4-14(10-15)17-13-6-8-20-9-7-13/h3-5,10,12-13,17H,6-9,11H2,1-2H3,(H,18,19). The van der Waals surface area contributed by atoms with Crippen LogP contribution in [-0.2, 0) is 9.47 Å². The largest absolute Gasteiger partial charge is 0.449 e. The topological polar surface area (TPSA) is 59.6 Å². The molecule has 1 amide bonds. The lowest BCUT2D eigenvalue weighted by atomic mass is 10.1. The van der Waals surface area contributed by atoms with Gasteiger partial charge in [-0.25, -0.2) is 4.79 Å². The van der Waals surface area contributed by atoms with Gasteiger partial charge in [-0.3, -0.25) is 5.32 Å². The van der Waals surface area contributed by atoms with Gasteiger partial charge in [0.25, 0.3) is 0 Å². The van der Waals surface area contributed by atoms with Gasteiger partial charge >= 0.3 is 6.09 Å². The molecule has 2 rings (SSSR count). The summed E-state index contributed by atoms with van der Waals surface area (Å²) in [5.74, 6) is 0.331. The van der Waals surface area contributed by atoms with Crippen molar-refractivity contribution in [1.82, 2.24) is 0 Å². The molecule has 0 aliphatic carbocycles. The zero-order chi connectivity index (χ0) is 15.1. The van der Waals surface area contributed by atoms with Crippen molar-refractivity contribution in [1.29, 1.82) is 0 Å². The van der Waals surface area contributed by atoms with E-state index in [-0.39, 0.29) is 0 Å². The molecule has 1 aliphatic heterocycles. The van der Waals surface area contributed by atoms with Gasteiger partial charge in [-0.2, -0.15) is 0 Å². The number of carbonyl (C=O) groups is 1. The average Bonchev–Trinajstić information content (AvgIpc) is 2.46. The van der Waals surface area contributed by atoms with Gasteiger partial charge in [0.05, 0.1) is 6.61 Å². The van der Waals surface area contributed by atoms with Crippen molar-refractivity contribution in [2.45, 2.75) is 32.7 Å². The van der Waals surface area contributed by atoms with Crippen LogP contribution >= 0.6 is 0 Å². The second-order valence-corrected chi connectivity index (χ2v) is 5.73. The van der Waals surface area contributed by atoms with E-state index in [1.54, 1.807) is 0 Å². The summed E-state index contributed by atoms with van der Waals surface area (Å²) in [6.07, 6.45) is 1.61. The Balaban J connectivity index is 1.86. The van der Waals surface area contributed by atoms with Gasteiger partial charge < -0.3 is 14.8 Å². The van der Waals surface area contributed by atoms with E-state index in [9.17, 15) is 4.79 Å². The fourth-order valence-corrected chi connectivity index (χ4v) is 2.16. The highest BCUT2D eigenvalue weighted by Crippen LogP contribution is 2.19. The number of hydrogen-bond acceptors (Lipinski definition) is 4. The third-order valence-corrected chi connectivity index (χ3v) is 3.25. The first-order chi connectivity index (χ1) is 10.1. The molecule has 116 valence electrons. The molecule has 5 nitrogen and oxygen atoms in total. The second-order valence-electron chi connectivity index (χ2n) is 5.73. The predicted octanol–water partition coefficient (Wildman–Crippen LogP) is 3.48. The molecule has 2 N–H and O–H groups in total. The molecule has 1 aliphatic rings. The highest BCUT2D eigenvalue weighted by Gasteiger charge is 2.13. The monoisotopic (exact) mass is 292 g/mol. The van der Waals surface area contributed by atoms with Crippen molar-refractivity contribution in [3.8, 4) is 0 Å². The molecule has 1 aromatic rings. The number of rotatable bonds is 5. The van der Waals surface area contributed by atoms with Gasteiger partial charge in [-0.15, -0.1) is 0 Å². The smallest absolute Gasteiger partial charge is 0.411 e. The zero-order valence-corrected chi connectivity index (χ0v) is 12.7. The maximum Gasteiger partial charge on any atom is 0.411 e. The lowest BCUT2D eigenvalue weighted by Gasteiger charge is -2.24. The lowest BCUT2D eigenvalue weighted by Crippen LogP contribution is -2.27. The van der Waals surface area contributed by atoms with Crippen LogP contribution < -0.4 is 10.6 Å². The summed E-state index contributed by atoms with van der Waals surface area (Å²) >= 11 is 0. The van der Waals surface area contributed by atoms with Crippen molar-refractivity contribution in [3.63, 3.8) is 0 Å². The van der Waals surface area contributed by atoms with Crippen LogP contribution in [-0.4, -0.2) is 32.0 Å². The maximum atomic E-state index is 11.6. The molecule has 1 fully saturated rings. The molecule has 0 saturated carbocycles. The zero-order valence-electron chi connectivity index (χ0n) is 12.7. The van der Waals surface area contributed by atoms with Crippen LogP contribution in [0, 0.1) is 5.92 Å². The Labute approximate surface area is 126 Å². The highest BCUT2D eigenvalue weighted by molar-refractivity contribution is 5.85. The number of ether oxygens (including phenoxy) is 2. The van der Waals surface area contributed by atoms with E-state index in [2.05, 4.69) is 10.6 Å². The van der Waals surface area contributed by atoms with Crippen molar-refractivity contribution in [2.75, 3.05) is 30.5 Å². The van der Waals surface area contributed by atoms with Gasteiger partial charge in [-0.05, 0) is 37.0 Å². The molecule has 0 bridgehead atoms. The van der Waals surface area contributed by atoms with E-state index in [4.69, 9.17) is 9.47 Å². The summed E-state index contributed by atoms with van der Waals surface area (Å²) in [6.45, 7) is 6.04. The second kappa shape index (κ2) is 7.88. The number of carbonyl (C=O) groups excluding carboxylic acids is 1. The van der Waals surface area contributed by atoms with Crippen LogP contribution in [0.3, 0.4) is 0 Å². The van der Waals surface area contributed by atoms with Crippen LogP contribution in [0.25, 0.3) is 0 Å². The molecule has 0 atom stereocenters. The molecule has 0 unspecified atom stereocenters. The minimum Gasteiger partial charge on any atom is -0.449 e. The van der Waals surface area contributed by atoms with Crippen molar-refractivity contribution in [3.05, 3.63) is 24.3 Å².